The maximum absolute atomic E-state index is 13.5. The molecule has 0 spiro atoms. The summed E-state index contributed by atoms with van der Waals surface area (Å²) in [6.45, 7) is 3.17. The zero-order chi connectivity index (χ0) is 69.6. The third kappa shape index (κ3) is 40.7. The van der Waals surface area contributed by atoms with E-state index in [4.69, 9.17) is 34.4 Å². The average molecular weight is 1310 g/mol. The van der Waals surface area contributed by atoms with Crippen molar-refractivity contribution in [2.24, 2.45) is 45.3 Å². The van der Waals surface area contributed by atoms with Gasteiger partial charge in [0, 0.05) is 20.0 Å². The first-order valence-corrected chi connectivity index (χ1v) is 30.6. The lowest BCUT2D eigenvalue weighted by Crippen LogP contribution is -2.56. The SMILES string of the molecule is CC(=O)NCCCC[C@H](NC(=O)CNC(=O)[C@H](CC(C)C)NC(=O)CNC(=O)[C@H](CCCCN)NC(=O)CNC(=O)CNC(=O)[C@H](CCCCN)NC(=O)CN)C(=O)NCC(=O)NCC(=O)N[C@@H](C)C(=O)N[C@@H](CCCCN)C(=O)N[C@@H](CCCN=C(N)N)C(=O)O. The van der Waals surface area contributed by atoms with Gasteiger partial charge in [-0.1, -0.05) is 13.8 Å². The van der Waals surface area contributed by atoms with Crippen LogP contribution in [-0.4, -0.2) is 221 Å². The minimum absolute atomic E-state index is 0.00432. The molecule has 0 aliphatic rings. The number of guanidine groups is 1. The first-order valence-electron chi connectivity index (χ1n) is 30.6. The number of rotatable bonds is 50. The summed E-state index contributed by atoms with van der Waals surface area (Å²) >= 11 is 0. The smallest absolute Gasteiger partial charge is 0.326 e. The van der Waals surface area contributed by atoms with Crippen LogP contribution in [0.15, 0.2) is 4.99 Å². The highest BCUT2D eigenvalue weighted by atomic mass is 16.4. The van der Waals surface area contributed by atoms with E-state index in [0.29, 0.717) is 51.5 Å². The van der Waals surface area contributed by atoms with Crippen molar-refractivity contribution in [1.82, 2.24) is 74.4 Å². The predicted molar refractivity (Wildman–Crippen MR) is 335 cm³/mol. The maximum Gasteiger partial charge on any atom is 0.326 e. The molecule has 37 heteroatoms. The molecular weight excluding hydrogens is 1210 g/mol. The largest absolute Gasteiger partial charge is 0.480 e. The minimum Gasteiger partial charge on any atom is -0.480 e. The fraction of sp³-hybridized carbons (Fsp3) is 0.709. The average Bonchev–Trinajstić information content (AvgIpc) is 1.91. The Morgan fingerprint density at radius 2 is 0.717 bits per heavy atom. The number of hydrogen-bond donors (Lipinski definition) is 21. The molecule has 522 valence electrons. The molecule has 0 saturated carbocycles. The van der Waals surface area contributed by atoms with E-state index >= 15 is 0 Å². The van der Waals surface area contributed by atoms with E-state index < -0.39 is 164 Å². The van der Waals surface area contributed by atoms with Gasteiger partial charge in [0.15, 0.2) is 5.96 Å². The molecule has 0 aromatic rings. The Bertz CT molecular complexity index is 2450. The summed E-state index contributed by atoms with van der Waals surface area (Å²) in [7, 11) is 0. The number of amides is 14. The molecule has 0 aromatic heterocycles. The molecule has 0 heterocycles. The standard InChI is InChI=1S/C55H101N21O16/c1-32(2)24-40(74-47(84)31-68-51(88)36(15-6-10-20-57)72-45(82)29-65-43(80)27-66-49(86)35(14-5-9-19-56)71-41(78)25-59)52(89)69-30-46(83)73-37(17-8-12-22-62-34(4)77)50(87)67-26-42(79)64-28-44(81)70-33(3)48(85)75-38(16-7-11-21-58)53(90)76-39(54(91)92)18-13-23-63-55(60)61/h32-33,35-40H,5-31,56-59H2,1-4H3,(H,62,77)(H,64,79)(H,65,80)(H,66,86)(H,67,87)(H,68,88)(H,69,89)(H,70,81)(H,71,78)(H,72,82)(H,73,83)(H,74,84)(H,75,85)(H,76,90)(H,91,92)(H4,60,61,63)/t33-,35-,36-,37-,38-,39-,40-/m0/s1. The Morgan fingerprint density at radius 3 is 1.11 bits per heavy atom. The van der Waals surface area contributed by atoms with Crippen LogP contribution in [0.1, 0.15) is 124 Å². The van der Waals surface area contributed by atoms with Gasteiger partial charge in [-0.2, -0.15) is 0 Å². The number of hydrogen-bond acceptors (Lipinski definition) is 20. The van der Waals surface area contributed by atoms with Crippen LogP contribution in [0.25, 0.3) is 0 Å². The number of aliphatic carboxylic acids is 1. The lowest BCUT2D eigenvalue weighted by Gasteiger charge is -2.23. The van der Waals surface area contributed by atoms with Gasteiger partial charge in [0.2, 0.25) is 82.7 Å². The van der Waals surface area contributed by atoms with Crippen molar-refractivity contribution in [3.8, 4) is 0 Å². The summed E-state index contributed by atoms with van der Waals surface area (Å²) in [5.41, 5.74) is 32.7. The van der Waals surface area contributed by atoms with Crippen LogP contribution >= 0.6 is 0 Å². The predicted octanol–water partition coefficient (Wildman–Crippen LogP) is -9.07. The van der Waals surface area contributed by atoms with Gasteiger partial charge in [-0.05, 0) is 129 Å². The number of nitrogens with one attached hydrogen (secondary N) is 14. The third-order valence-corrected chi connectivity index (χ3v) is 13.2. The Kier molecular flexibility index (Phi) is 44.2. The third-order valence-electron chi connectivity index (χ3n) is 13.2. The number of nitrogens with zero attached hydrogens (tertiary/aromatic N) is 1. The zero-order valence-corrected chi connectivity index (χ0v) is 53.2. The molecule has 92 heavy (non-hydrogen) atoms. The monoisotopic (exact) mass is 1310 g/mol. The van der Waals surface area contributed by atoms with E-state index in [1.807, 2.05) is 0 Å². The van der Waals surface area contributed by atoms with Gasteiger partial charge >= 0.3 is 5.97 Å². The van der Waals surface area contributed by atoms with E-state index in [1.165, 1.54) is 13.8 Å². The molecule has 0 rings (SSSR count). The summed E-state index contributed by atoms with van der Waals surface area (Å²) in [4.78, 5) is 196. The summed E-state index contributed by atoms with van der Waals surface area (Å²) < 4.78 is 0. The van der Waals surface area contributed by atoms with Gasteiger partial charge in [-0.3, -0.25) is 72.1 Å². The highest BCUT2D eigenvalue weighted by molar-refractivity contribution is 5.97. The molecule has 37 nitrogen and oxygen atoms in total. The zero-order valence-electron chi connectivity index (χ0n) is 53.2. The Balaban J connectivity index is 5.64. The molecule has 0 saturated heterocycles. The highest BCUT2D eigenvalue weighted by Gasteiger charge is 2.30. The van der Waals surface area contributed by atoms with Gasteiger partial charge in [0.05, 0.1) is 45.8 Å². The molecule has 0 unspecified atom stereocenters. The molecule has 0 aliphatic carbocycles. The first-order chi connectivity index (χ1) is 43.6. The molecular formula is C55H101N21O16. The van der Waals surface area contributed by atoms with Crippen molar-refractivity contribution < 1.29 is 77.0 Å². The van der Waals surface area contributed by atoms with E-state index in [2.05, 4.69) is 79.4 Å². The topological polar surface area (TPSA) is 613 Å². The molecule has 7 atom stereocenters. The van der Waals surface area contributed by atoms with Crippen LogP contribution in [0, 0.1) is 5.92 Å². The number of nitrogens with two attached hydrogens (primary N) is 6. The molecule has 0 aliphatic heterocycles. The van der Waals surface area contributed by atoms with Gasteiger partial charge in [-0.25, -0.2) is 4.79 Å². The van der Waals surface area contributed by atoms with Gasteiger partial charge < -0.3 is 114 Å². The number of carboxylic acids is 1. The van der Waals surface area contributed by atoms with Gasteiger partial charge in [-0.15, -0.1) is 0 Å². The number of unbranched alkanes of at least 4 members (excludes halogenated alkanes) is 4. The lowest BCUT2D eigenvalue weighted by molar-refractivity contribution is -0.142. The number of aliphatic imine (C=N–C) groups is 1. The van der Waals surface area contributed by atoms with Crippen molar-refractivity contribution in [3.63, 3.8) is 0 Å². The quantitative estimate of drug-likeness (QED) is 0.0153. The van der Waals surface area contributed by atoms with Crippen molar-refractivity contribution in [2.45, 2.75) is 166 Å². The highest BCUT2D eigenvalue weighted by Crippen LogP contribution is 2.08. The van der Waals surface area contributed by atoms with Crippen molar-refractivity contribution >= 4 is 94.6 Å². The van der Waals surface area contributed by atoms with E-state index in [-0.39, 0.29) is 102 Å². The molecule has 0 bridgehead atoms. The van der Waals surface area contributed by atoms with Crippen LogP contribution in [0.4, 0.5) is 0 Å². The number of carbonyl (C=O) groups excluding carboxylic acids is 14. The number of carboxylic acid groups (broad SMARTS) is 1. The van der Waals surface area contributed by atoms with E-state index in [9.17, 15) is 77.0 Å². The second-order valence-corrected chi connectivity index (χ2v) is 21.8. The number of carbonyl (C=O) groups is 15. The van der Waals surface area contributed by atoms with Crippen LogP contribution in [0.5, 0.6) is 0 Å². The summed E-state index contributed by atoms with van der Waals surface area (Å²) in [6.07, 6.45) is 4.13. The van der Waals surface area contributed by atoms with Gasteiger partial charge in [0.25, 0.3) is 0 Å². The Morgan fingerprint density at radius 1 is 0.370 bits per heavy atom. The second kappa shape index (κ2) is 48.9. The molecule has 27 N–H and O–H groups in total. The van der Waals surface area contributed by atoms with Gasteiger partial charge in [0.1, 0.15) is 42.3 Å². The maximum atomic E-state index is 13.5. The summed E-state index contributed by atoms with van der Waals surface area (Å²) in [5, 5.41) is 43.8. The molecule has 0 fully saturated rings. The Labute approximate surface area is 534 Å². The van der Waals surface area contributed by atoms with Crippen LogP contribution in [0.2, 0.25) is 0 Å². The lowest BCUT2D eigenvalue weighted by atomic mass is 10.0. The Hall–Kier alpha value is -8.84. The van der Waals surface area contributed by atoms with Crippen molar-refractivity contribution in [3.05, 3.63) is 0 Å². The normalized spacial score (nSPS) is 13.0. The molecule has 0 radical (unpaired) electrons. The van der Waals surface area contributed by atoms with Crippen LogP contribution < -0.4 is 109 Å². The first kappa shape index (κ1) is 83.2. The molecule has 0 aromatic carbocycles. The minimum atomic E-state index is -1.33. The second-order valence-electron chi connectivity index (χ2n) is 21.8. The van der Waals surface area contributed by atoms with Crippen molar-refractivity contribution in [2.75, 3.05) is 78.5 Å². The van der Waals surface area contributed by atoms with Crippen LogP contribution in [-0.2, 0) is 71.9 Å². The fourth-order valence-electron chi connectivity index (χ4n) is 8.32. The molecule has 14 amide bonds. The van der Waals surface area contributed by atoms with E-state index in [1.54, 1.807) is 13.8 Å². The van der Waals surface area contributed by atoms with Crippen LogP contribution in [0.3, 0.4) is 0 Å². The summed E-state index contributed by atoms with van der Waals surface area (Å²) in [6, 6.07) is -8.50. The summed E-state index contributed by atoms with van der Waals surface area (Å²) in [5.74, 6) is -12.2. The van der Waals surface area contributed by atoms with E-state index in [0.717, 1.165) is 0 Å². The fourth-order valence-corrected chi connectivity index (χ4v) is 8.32. The van der Waals surface area contributed by atoms with Crippen molar-refractivity contribution in [1.29, 1.82) is 0 Å².